The molecule has 30 heavy (non-hydrogen) atoms. The van der Waals surface area contributed by atoms with E-state index in [9.17, 15) is 14.4 Å². The minimum Gasteiger partial charge on any atom is -0.494 e. The summed E-state index contributed by atoms with van der Waals surface area (Å²) in [5.41, 5.74) is 2.43. The molecule has 7 nitrogen and oxygen atoms in total. The van der Waals surface area contributed by atoms with Crippen molar-refractivity contribution in [2.24, 2.45) is 7.05 Å². The van der Waals surface area contributed by atoms with Gasteiger partial charge in [0.15, 0.2) is 5.78 Å². The lowest BCUT2D eigenvalue weighted by molar-refractivity contribution is 0.103. The van der Waals surface area contributed by atoms with E-state index in [-0.39, 0.29) is 5.78 Å². The van der Waals surface area contributed by atoms with Gasteiger partial charge >= 0.3 is 5.69 Å². The number of benzene rings is 2. The lowest BCUT2D eigenvalue weighted by Crippen LogP contribution is -2.37. The summed E-state index contributed by atoms with van der Waals surface area (Å²) in [6.07, 6.45) is 0. The van der Waals surface area contributed by atoms with Gasteiger partial charge in [-0.05, 0) is 13.0 Å². The van der Waals surface area contributed by atoms with Crippen molar-refractivity contribution in [2.75, 3.05) is 11.9 Å². The van der Waals surface area contributed by atoms with Gasteiger partial charge in [-0.15, -0.1) is 0 Å². The first kappa shape index (κ1) is 18.2. The van der Waals surface area contributed by atoms with Crippen molar-refractivity contribution in [1.29, 1.82) is 0 Å². The standard InChI is InChI=1S/C23H19N3O4/c1-3-30-15-11-7-6-10-14(15)16-17-19(12-8-4-5-9-13(12)20(17)27)24-21-18(16)22(28)25-23(29)26(21)2/h4-11,16,24H,3H2,1-2H3,(H,25,28,29)/t16-/m1/s1. The van der Waals surface area contributed by atoms with Gasteiger partial charge in [-0.25, -0.2) is 4.79 Å². The molecule has 150 valence electrons. The molecule has 3 aromatic rings. The van der Waals surface area contributed by atoms with E-state index >= 15 is 0 Å². The van der Waals surface area contributed by atoms with Crippen molar-refractivity contribution >= 4 is 17.3 Å². The number of nitrogens with one attached hydrogen (secondary N) is 2. The van der Waals surface area contributed by atoms with E-state index in [0.717, 1.165) is 5.56 Å². The fourth-order valence-corrected chi connectivity index (χ4v) is 4.35. The second-order valence-electron chi connectivity index (χ2n) is 7.27. The summed E-state index contributed by atoms with van der Waals surface area (Å²) in [6.45, 7) is 2.32. The molecule has 5 rings (SSSR count). The number of para-hydroxylation sites is 1. The molecule has 0 amide bonds. The Morgan fingerprint density at radius 2 is 1.70 bits per heavy atom. The van der Waals surface area contributed by atoms with Crippen LogP contribution < -0.4 is 21.3 Å². The Balaban J connectivity index is 1.87. The molecule has 1 aliphatic heterocycles. The van der Waals surface area contributed by atoms with Gasteiger partial charge < -0.3 is 10.1 Å². The SMILES string of the molecule is CCOc1ccccc1[C@@H]1C2=C(Nc3c1c(=O)[nH]c(=O)n3C)c1ccccc1C2=O. The number of hydrogen-bond acceptors (Lipinski definition) is 5. The maximum Gasteiger partial charge on any atom is 0.329 e. The second kappa shape index (κ2) is 6.59. The number of allylic oxidation sites excluding steroid dienone is 1. The highest BCUT2D eigenvalue weighted by Gasteiger charge is 2.43. The number of fused-ring (bicyclic) bond motifs is 3. The van der Waals surface area contributed by atoms with Crippen LogP contribution in [0.3, 0.4) is 0 Å². The van der Waals surface area contributed by atoms with Crippen LogP contribution >= 0.6 is 0 Å². The Morgan fingerprint density at radius 3 is 2.47 bits per heavy atom. The number of ether oxygens (including phenoxy) is 1. The summed E-state index contributed by atoms with van der Waals surface area (Å²) in [5, 5.41) is 3.21. The highest BCUT2D eigenvalue weighted by atomic mass is 16.5. The molecular formula is C23H19N3O4. The molecule has 0 saturated carbocycles. The molecule has 0 radical (unpaired) electrons. The maximum atomic E-state index is 13.4. The molecule has 1 aromatic heterocycles. The molecule has 0 saturated heterocycles. The minimum atomic E-state index is -0.672. The van der Waals surface area contributed by atoms with Crippen molar-refractivity contribution in [3.05, 3.63) is 97.2 Å². The number of Topliss-reactive ketones (excluding diaryl/α,β-unsaturated/α-hetero) is 1. The number of carbonyl (C=O) groups excluding carboxylic acids is 1. The Kier molecular flexibility index (Phi) is 3.99. The van der Waals surface area contributed by atoms with Crippen molar-refractivity contribution in [1.82, 2.24) is 9.55 Å². The predicted octanol–water partition coefficient (Wildman–Crippen LogP) is 2.64. The molecule has 2 N–H and O–H groups in total. The van der Waals surface area contributed by atoms with Crippen LogP contribution in [-0.2, 0) is 7.05 Å². The quantitative estimate of drug-likeness (QED) is 0.704. The molecule has 7 heteroatoms. The Bertz CT molecular complexity index is 1360. The maximum absolute atomic E-state index is 13.4. The second-order valence-corrected chi connectivity index (χ2v) is 7.27. The fraction of sp³-hybridized carbons (Fsp3) is 0.174. The smallest absolute Gasteiger partial charge is 0.329 e. The Morgan fingerprint density at radius 1 is 1.00 bits per heavy atom. The largest absolute Gasteiger partial charge is 0.494 e. The van der Waals surface area contributed by atoms with Crippen LogP contribution in [0.25, 0.3) is 5.70 Å². The molecule has 0 spiro atoms. The van der Waals surface area contributed by atoms with E-state index in [1.165, 1.54) is 4.57 Å². The number of H-pyrrole nitrogens is 1. The Hall–Kier alpha value is -3.87. The zero-order valence-corrected chi connectivity index (χ0v) is 16.5. The van der Waals surface area contributed by atoms with Crippen molar-refractivity contribution in [3.8, 4) is 5.75 Å². The number of anilines is 1. The number of hydrogen-bond donors (Lipinski definition) is 2. The molecular weight excluding hydrogens is 382 g/mol. The van der Waals surface area contributed by atoms with Gasteiger partial charge in [-0.1, -0.05) is 42.5 Å². The molecule has 2 aliphatic rings. The van der Waals surface area contributed by atoms with Crippen molar-refractivity contribution in [3.63, 3.8) is 0 Å². The highest BCUT2D eigenvalue weighted by molar-refractivity contribution is 6.23. The molecule has 0 fully saturated rings. The monoisotopic (exact) mass is 401 g/mol. The van der Waals surface area contributed by atoms with Gasteiger partial charge in [0.25, 0.3) is 5.56 Å². The highest BCUT2D eigenvalue weighted by Crippen LogP contribution is 2.49. The van der Waals surface area contributed by atoms with Crippen molar-refractivity contribution in [2.45, 2.75) is 12.8 Å². The molecule has 1 atom stereocenters. The van der Waals surface area contributed by atoms with Crippen LogP contribution in [0.4, 0.5) is 5.82 Å². The van der Waals surface area contributed by atoms with Gasteiger partial charge in [0.05, 0.1) is 23.8 Å². The molecule has 2 heterocycles. The van der Waals surface area contributed by atoms with Crippen LogP contribution in [0.5, 0.6) is 5.75 Å². The van der Waals surface area contributed by atoms with Crippen LogP contribution in [0.15, 0.2) is 63.7 Å². The average Bonchev–Trinajstić information content (AvgIpc) is 3.04. The average molecular weight is 401 g/mol. The number of ketones is 1. The third kappa shape index (κ3) is 2.41. The van der Waals surface area contributed by atoms with Crippen LogP contribution in [0, 0.1) is 0 Å². The van der Waals surface area contributed by atoms with Gasteiger partial charge in [-0.3, -0.25) is 19.1 Å². The van der Waals surface area contributed by atoms with Gasteiger partial charge in [0.2, 0.25) is 0 Å². The molecule has 1 aliphatic carbocycles. The lowest BCUT2D eigenvalue weighted by atomic mass is 9.81. The van der Waals surface area contributed by atoms with E-state index < -0.39 is 17.2 Å². The summed E-state index contributed by atoms with van der Waals surface area (Å²) < 4.78 is 7.19. The van der Waals surface area contributed by atoms with E-state index in [1.807, 2.05) is 49.4 Å². The van der Waals surface area contributed by atoms with Gasteiger partial charge in [0, 0.05) is 29.3 Å². The van der Waals surface area contributed by atoms with E-state index in [4.69, 9.17) is 4.74 Å². The first-order valence-corrected chi connectivity index (χ1v) is 9.73. The summed E-state index contributed by atoms with van der Waals surface area (Å²) in [7, 11) is 1.59. The zero-order valence-electron chi connectivity index (χ0n) is 16.5. The topological polar surface area (TPSA) is 93.2 Å². The summed E-state index contributed by atoms with van der Waals surface area (Å²) >= 11 is 0. The predicted molar refractivity (Wildman–Crippen MR) is 113 cm³/mol. The van der Waals surface area contributed by atoms with E-state index in [1.54, 1.807) is 13.1 Å². The zero-order chi connectivity index (χ0) is 21.0. The minimum absolute atomic E-state index is 0.136. The fourth-order valence-electron chi connectivity index (χ4n) is 4.35. The van der Waals surface area contributed by atoms with Crippen molar-refractivity contribution < 1.29 is 9.53 Å². The van der Waals surface area contributed by atoms with Crippen LogP contribution in [-0.4, -0.2) is 21.9 Å². The third-order valence-corrected chi connectivity index (χ3v) is 5.67. The van der Waals surface area contributed by atoms with Gasteiger partial charge in [0.1, 0.15) is 11.6 Å². The normalized spacial score (nSPS) is 16.6. The summed E-state index contributed by atoms with van der Waals surface area (Å²) in [4.78, 5) is 41.1. The summed E-state index contributed by atoms with van der Waals surface area (Å²) in [6, 6.07) is 14.7. The first-order chi connectivity index (χ1) is 14.5. The number of rotatable bonds is 3. The number of carbonyl (C=O) groups is 1. The van der Waals surface area contributed by atoms with E-state index in [0.29, 0.717) is 46.1 Å². The first-order valence-electron chi connectivity index (χ1n) is 9.73. The number of aromatic amines is 1. The lowest BCUT2D eigenvalue weighted by Gasteiger charge is -2.29. The number of nitrogens with zero attached hydrogens (tertiary/aromatic N) is 1. The Labute approximate surface area is 171 Å². The van der Waals surface area contributed by atoms with Crippen LogP contribution in [0.1, 0.15) is 39.9 Å². The third-order valence-electron chi connectivity index (χ3n) is 5.67. The summed E-state index contributed by atoms with van der Waals surface area (Å²) in [5.74, 6) is 0.169. The van der Waals surface area contributed by atoms with E-state index in [2.05, 4.69) is 10.3 Å². The number of aromatic nitrogens is 2. The molecule has 2 aromatic carbocycles. The molecule has 0 unspecified atom stereocenters. The van der Waals surface area contributed by atoms with Gasteiger partial charge in [-0.2, -0.15) is 0 Å². The molecule has 0 bridgehead atoms. The van der Waals surface area contributed by atoms with Crippen LogP contribution in [0.2, 0.25) is 0 Å².